The van der Waals surface area contributed by atoms with Crippen LogP contribution in [0.3, 0.4) is 0 Å². The smallest absolute Gasteiger partial charge is 0.333 e. The van der Waals surface area contributed by atoms with Gasteiger partial charge in [-0.3, -0.25) is 67.3 Å². The van der Waals surface area contributed by atoms with Gasteiger partial charge in [-0.1, -0.05) is 0 Å². The highest BCUT2D eigenvalue weighted by molar-refractivity contribution is 6.03. The Kier molecular flexibility index (Phi) is 25.5. The molecule has 4 aliphatic rings. The highest BCUT2D eigenvalue weighted by atomic mass is 16.7. The molecule has 0 aliphatic carbocycles. The maximum absolute atomic E-state index is 12.6. The molecule has 4 heterocycles. The normalized spacial score (nSPS) is 15.6. The van der Waals surface area contributed by atoms with Crippen LogP contribution in [0.1, 0.15) is 128 Å². The lowest BCUT2D eigenvalue weighted by atomic mass is 10.2. The van der Waals surface area contributed by atoms with E-state index in [2.05, 4.69) is 0 Å². The molecule has 0 atom stereocenters. The Morgan fingerprint density at radius 2 is 0.447 bits per heavy atom. The summed E-state index contributed by atoms with van der Waals surface area (Å²) in [6.07, 6.45) is -2.97. The fraction of sp³-hybridized carbons (Fsp3) is 0.652. The van der Waals surface area contributed by atoms with E-state index in [0.29, 0.717) is 20.3 Å². The second kappa shape index (κ2) is 31.9. The van der Waals surface area contributed by atoms with Crippen molar-refractivity contribution in [3.8, 4) is 0 Å². The van der Waals surface area contributed by atoms with Gasteiger partial charge in [-0.15, -0.1) is 20.3 Å². The standard InChI is InChI=1S/C46H60N6O24/c53-31-13-14-32(54)49(31)73-43(65)9-1-5-39(61)69-27-23-47(24-28-70-40(62)6-2-10-44(66)74-50-33(55)15-16-34(50)56)21-22-48(25-29-71-41(63)7-3-11-45(67)75-51-35(57)17-18-36(51)58)26-30-72-42(64)8-4-12-46(68)76-52-37(59)19-20-38(52)60/h1-30H2. The first-order chi connectivity index (χ1) is 36.3. The number of amides is 8. The Bertz CT molecular complexity index is 1870. The average Bonchev–Trinajstić information content (AvgIpc) is 4.08. The SMILES string of the molecule is O=C(CCCC(=O)ON1C(=O)CCC1=O)OCCN(CCOC(=O)CCCC(=O)ON1C(=O)CCC1=O)CCN(CCOC(=O)CCCC(=O)ON1C(=O)CCC1=O)CCOC(=O)CCCC(=O)ON1C(=O)CCC1=O. The Hall–Kier alpha value is -7.76. The summed E-state index contributed by atoms with van der Waals surface area (Å²) >= 11 is 0. The van der Waals surface area contributed by atoms with Crippen LogP contribution in [0.5, 0.6) is 0 Å². The van der Waals surface area contributed by atoms with Crippen LogP contribution < -0.4 is 0 Å². The quantitative estimate of drug-likeness (QED) is 0.0412. The molecule has 0 N–H and O–H groups in total. The highest BCUT2D eigenvalue weighted by Crippen LogP contribution is 2.17. The number of nitrogens with zero attached hydrogens (tertiary/aromatic N) is 6. The number of ether oxygens (including phenoxy) is 4. The van der Waals surface area contributed by atoms with Crippen molar-refractivity contribution in [2.75, 3.05) is 65.7 Å². The molecule has 4 saturated heterocycles. The predicted octanol–water partition coefficient (Wildman–Crippen LogP) is -1.13. The molecule has 4 fully saturated rings. The summed E-state index contributed by atoms with van der Waals surface area (Å²) in [5.74, 6) is -11.7. The molecule has 4 rings (SSSR count). The van der Waals surface area contributed by atoms with Crippen molar-refractivity contribution in [1.29, 1.82) is 0 Å². The molecule has 418 valence electrons. The number of hydrogen-bond acceptors (Lipinski definition) is 26. The largest absolute Gasteiger partial charge is 0.464 e. The minimum absolute atomic E-state index is 0.0326. The predicted molar refractivity (Wildman–Crippen MR) is 241 cm³/mol. The monoisotopic (exact) mass is 1080 g/mol. The van der Waals surface area contributed by atoms with Crippen molar-refractivity contribution in [3.05, 3.63) is 0 Å². The first-order valence-corrected chi connectivity index (χ1v) is 24.6. The third-order valence-electron chi connectivity index (χ3n) is 11.3. The highest BCUT2D eigenvalue weighted by Gasteiger charge is 2.36. The van der Waals surface area contributed by atoms with Gasteiger partial charge in [0.2, 0.25) is 0 Å². The Balaban J connectivity index is 1.28. The van der Waals surface area contributed by atoms with E-state index in [4.69, 9.17) is 38.3 Å². The van der Waals surface area contributed by atoms with Gasteiger partial charge >= 0.3 is 47.8 Å². The first-order valence-electron chi connectivity index (χ1n) is 24.6. The summed E-state index contributed by atoms with van der Waals surface area (Å²) in [6, 6.07) is 0. The molecule has 0 saturated carbocycles. The van der Waals surface area contributed by atoms with E-state index in [1.54, 1.807) is 9.80 Å². The topological polar surface area (TPSA) is 366 Å². The van der Waals surface area contributed by atoms with Gasteiger partial charge in [-0.2, -0.15) is 0 Å². The summed E-state index contributed by atoms with van der Waals surface area (Å²) in [7, 11) is 0. The molecular formula is C46H60N6O24. The van der Waals surface area contributed by atoms with Gasteiger partial charge in [0.25, 0.3) is 47.3 Å². The molecule has 8 amide bonds. The summed E-state index contributed by atoms with van der Waals surface area (Å²) in [6.45, 7) is -0.169. The first kappa shape index (κ1) is 60.8. The number of hydrogen-bond donors (Lipinski definition) is 0. The molecule has 30 heteroatoms. The maximum Gasteiger partial charge on any atom is 0.333 e. The van der Waals surface area contributed by atoms with E-state index in [1.165, 1.54) is 0 Å². The number of esters is 4. The molecule has 0 aromatic heterocycles. The molecule has 0 spiro atoms. The van der Waals surface area contributed by atoms with Gasteiger partial charge < -0.3 is 38.3 Å². The van der Waals surface area contributed by atoms with Crippen molar-refractivity contribution >= 4 is 95.0 Å². The van der Waals surface area contributed by atoms with E-state index in [0.717, 1.165) is 0 Å². The van der Waals surface area contributed by atoms with E-state index in [9.17, 15) is 76.7 Å². The summed E-state index contributed by atoms with van der Waals surface area (Å²) in [5, 5.41) is 1.57. The maximum atomic E-state index is 12.6. The van der Waals surface area contributed by atoms with E-state index >= 15 is 0 Å². The minimum atomic E-state index is -0.899. The molecule has 0 bridgehead atoms. The van der Waals surface area contributed by atoms with Crippen LogP contribution in [0, 0.1) is 0 Å². The minimum Gasteiger partial charge on any atom is -0.464 e. The zero-order valence-electron chi connectivity index (χ0n) is 41.7. The van der Waals surface area contributed by atoms with Gasteiger partial charge in [-0.25, -0.2) is 19.2 Å². The number of carbonyl (C=O) groups is 16. The van der Waals surface area contributed by atoms with E-state index < -0.39 is 95.0 Å². The third-order valence-corrected chi connectivity index (χ3v) is 11.3. The van der Waals surface area contributed by atoms with Gasteiger partial charge in [0, 0.05) is 142 Å². The van der Waals surface area contributed by atoms with Crippen molar-refractivity contribution < 1.29 is 115 Å². The summed E-state index contributed by atoms with van der Waals surface area (Å²) in [5.41, 5.74) is 0. The molecule has 0 radical (unpaired) electrons. The molecule has 0 unspecified atom stereocenters. The average molecular weight is 1080 g/mol. The second-order valence-electron chi connectivity index (χ2n) is 17.2. The van der Waals surface area contributed by atoms with Crippen LogP contribution in [0.2, 0.25) is 0 Å². The number of imide groups is 4. The summed E-state index contributed by atoms with van der Waals surface area (Å²) in [4.78, 5) is 215. The van der Waals surface area contributed by atoms with Crippen molar-refractivity contribution in [2.45, 2.75) is 128 Å². The lowest BCUT2D eigenvalue weighted by Crippen LogP contribution is -2.41. The molecule has 0 aromatic rings. The number of rotatable bonds is 35. The molecule has 76 heavy (non-hydrogen) atoms. The fourth-order valence-corrected chi connectivity index (χ4v) is 7.13. The molecule has 0 aromatic carbocycles. The Labute approximate surface area is 433 Å². The van der Waals surface area contributed by atoms with E-state index in [1.807, 2.05) is 0 Å². The second-order valence-corrected chi connectivity index (χ2v) is 17.2. The van der Waals surface area contributed by atoms with Crippen LogP contribution in [-0.2, 0) is 115 Å². The Morgan fingerprint density at radius 3 is 0.632 bits per heavy atom. The lowest BCUT2D eigenvalue weighted by molar-refractivity contribution is -0.197. The zero-order valence-corrected chi connectivity index (χ0v) is 41.7. The third kappa shape index (κ3) is 22.0. The number of hydroxylamine groups is 8. The zero-order chi connectivity index (χ0) is 55.6. The molecule has 4 aliphatic heterocycles. The van der Waals surface area contributed by atoms with Crippen molar-refractivity contribution in [3.63, 3.8) is 0 Å². The molecular weight excluding hydrogens is 1020 g/mol. The lowest BCUT2D eigenvalue weighted by Gasteiger charge is -2.27. The van der Waals surface area contributed by atoms with E-state index in [-0.39, 0.29) is 194 Å². The van der Waals surface area contributed by atoms with Crippen LogP contribution in [0.4, 0.5) is 0 Å². The molecule has 30 nitrogen and oxygen atoms in total. The van der Waals surface area contributed by atoms with Crippen molar-refractivity contribution in [2.24, 2.45) is 0 Å². The van der Waals surface area contributed by atoms with Gasteiger partial charge in [-0.05, 0) is 25.7 Å². The summed E-state index contributed by atoms with van der Waals surface area (Å²) < 4.78 is 21.4. The van der Waals surface area contributed by atoms with Crippen LogP contribution in [0.15, 0.2) is 0 Å². The Morgan fingerprint density at radius 1 is 0.276 bits per heavy atom. The van der Waals surface area contributed by atoms with Crippen LogP contribution in [0.25, 0.3) is 0 Å². The van der Waals surface area contributed by atoms with Gasteiger partial charge in [0.1, 0.15) is 26.4 Å². The number of carbonyl (C=O) groups excluding carboxylic acids is 16. The van der Waals surface area contributed by atoms with Crippen LogP contribution >= 0.6 is 0 Å². The fourth-order valence-electron chi connectivity index (χ4n) is 7.13. The van der Waals surface area contributed by atoms with Crippen molar-refractivity contribution in [1.82, 2.24) is 30.1 Å². The van der Waals surface area contributed by atoms with Gasteiger partial charge in [0.05, 0.1) is 0 Å². The van der Waals surface area contributed by atoms with Crippen LogP contribution in [-0.4, -0.2) is 191 Å². The van der Waals surface area contributed by atoms with Gasteiger partial charge in [0.15, 0.2) is 0 Å².